The second-order valence-electron chi connectivity index (χ2n) is 3.46. The number of esters is 1. The van der Waals surface area contributed by atoms with Crippen LogP contribution in [0.5, 0.6) is 0 Å². The Hall–Kier alpha value is -1.87. The number of hydrogen-bond acceptors (Lipinski definition) is 6. The number of nitrogen functional groups attached to an aromatic ring is 1. The minimum Gasteiger partial charge on any atom is -0.462 e. The van der Waals surface area contributed by atoms with Crippen LogP contribution in [-0.2, 0) is 4.74 Å². The zero-order valence-electron chi connectivity index (χ0n) is 10.4. The number of thiocarbonyl (C=S) groups is 1. The maximum Gasteiger partial charge on any atom is 0.348 e. The van der Waals surface area contributed by atoms with Crippen LogP contribution in [0.25, 0.3) is 0 Å². The molecular formula is C10H14N4O3S2. The highest BCUT2D eigenvalue weighted by Gasteiger charge is 2.23. The van der Waals surface area contributed by atoms with Crippen molar-refractivity contribution in [3.8, 4) is 0 Å². The number of rotatable bonds is 3. The van der Waals surface area contributed by atoms with Crippen molar-refractivity contribution in [2.24, 2.45) is 5.73 Å². The molecule has 0 spiro atoms. The van der Waals surface area contributed by atoms with E-state index in [1.54, 1.807) is 13.8 Å². The molecule has 1 aromatic heterocycles. The van der Waals surface area contributed by atoms with Gasteiger partial charge < -0.3 is 16.2 Å². The molecule has 0 atom stereocenters. The fourth-order valence-corrected chi connectivity index (χ4v) is 2.41. The fraction of sp³-hybridized carbons (Fsp3) is 0.300. The van der Waals surface area contributed by atoms with Gasteiger partial charge in [-0.1, -0.05) is 0 Å². The molecule has 0 aliphatic heterocycles. The topological polar surface area (TPSA) is 119 Å². The zero-order valence-corrected chi connectivity index (χ0v) is 12.0. The van der Waals surface area contributed by atoms with Crippen LogP contribution in [0, 0.1) is 6.92 Å². The van der Waals surface area contributed by atoms with E-state index >= 15 is 0 Å². The number of carbonyl (C=O) groups excluding carboxylic acids is 2. The first-order chi connectivity index (χ1) is 8.88. The van der Waals surface area contributed by atoms with Gasteiger partial charge >= 0.3 is 5.97 Å². The summed E-state index contributed by atoms with van der Waals surface area (Å²) in [6, 6.07) is 0. The van der Waals surface area contributed by atoms with E-state index in [0.717, 1.165) is 11.3 Å². The highest BCUT2D eigenvalue weighted by Crippen LogP contribution is 2.30. The highest BCUT2D eigenvalue weighted by molar-refractivity contribution is 7.80. The van der Waals surface area contributed by atoms with Gasteiger partial charge in [-0.2, -0.15) is 0 Å². The molecule has 0 saturated heterocycles. The fourth-order valence-electron chi connectivity index (χ4n) is 1.39. The van der Waals surface area contributed by atoms with E-state index in [9.17, 15) is 9.59 Å². The minimum absolute atomic E-state index is 0.0783. The number of carbonyl (C=O) groups is 2. The van der Waals surface area contributed by atoms with Crippen LogP contribution in [0.2, 0.25) is 0 Å². The van der Waals surface area contributed by atoms with Gasteiger partial charge in [-0.3, -0.25) is 15.6 Å². The van der Waals surface area contributed by atoms with Gasteiger partial charge in [-0.05, 0) is 31.6 Å². The molecule has 104 valence electrons. The van der Waals surface area contributed by atoms with Gasteiger partial charge in [0.1, 0.15) is 4.88 Å². The number of anilines is 1. The smallest absolute Gasteiger partial charge is 0.348 e. The van der Waals surface area contributed by atoms with Gasteiger partial charge in [0.05, 0.1) is 17.2 Å². The van der Waals surface area contributed by atoms with E-state index in [1.807, 2.05) is 0 Å². The number of nitrogens with two attached hydrogens (primary N) is 2. The van der Waals surface area contributed by atoms with Gasteiger partial charge in [0.25, 0.3) is 5.91 Å². The standard InChI is InChI=1S/C10H14N4O3S2/c1-3-17-9(16)6-4(2)5(7(11)19-6)8(15)13-14-10(12)18/h3,11H2,1-2H3,(H,13,15)(H3,12,14,18). The lowest BCUT2D eigenvalue weighted by molar-refractivity contribution is 0.0531. The molecule has 7 nitrogen and oxygen atoms in total. The summed E-state index contributed by atoms with van der Waals surface area (Å²) in [6.45, 7) is 3.57. The van der Waals surface area contributed by atoms with Crippen LogP contribution >= 0.6 is 23.6 Å². The molecule has 0 radical (unpaired) electrons. The second kappa shape index (κ2) is 6.34. The summed E-state index contributed by atoms with van der Waals surface area (Å²) in [6.07, 6.45) is 0. The van der Waals surface area contributed by atoms with E-state index in [2.05, 4.69) is 23.1 Å². The predicted octanol–water partition coefficient (Wildman–Crippen LogP) is 0.293. The first-order valence-corrected chi connectivity index (χ1v) is 6.52. The molecule has 1 amide bonds. The molecule has 0 aromatic carbocycles. The molecule has 19 heavy (non-hydrogen) atoms. The lowest BCUT2D eigenvalue weighted by atomic mass is 10.1. The maximum absolute atomic E-state index is 11.9. The van der Waals surface area contributed by atoms with Crippen LogP contribution in [0.1, 0.15) is 32.5 Å². The normalized spacial score (nSPS) is 9.79. The van der Waals surface area contributed by atoms with Gasteiger partial charge in [0.15, 0.2) is 5.11 Å². The van der Waals surface area contributed by atoms with E-state index in [4.69, 9.17) is 16.2 Å². The predicted molar refractivity (Wildman–Crippen MR) is 76.8 cm³/mol. The maximum atomic E-state index is 11.9. The third-order valence-corrected chi connectivity index (χ3v) is 3.36. The molecule has 6 N–H and O–H groups in total. The number of nitrogens with one attached hydrogen (secondary N) is 2. The Morgan fingerprint density at radius 2 is 2.05 bits per heavy atom. The zero-order chi connectivity index (χ0) is 14.6. The summed E-state index contributed by atoms with van der Waals surface area (Å²) in [5.74, 6) is -1.02. The summed E-state index contributed by atoms with van der Waals surface area (Å²) >= 11 is 5.56. The Morgan fingerprint density at radius 3 is 2.58 bits per heavy atom. The van der Waals surface area contributed by atoms with Crippen molar-refractivity contribution in [2.75, 3.05) is 12.3 Å². The minimum atomic E-state index is -0.519. The molecule has 0 aliphatic carbocycles. The van der Waals surface area contributed by atoms with Crippen molar-refractivity contribution in [3.63, 3.8) is 0 Å². The molecule has 1 rings (SSSR count). The van der Waals surface area contributed by atoms with Crippen molar-refractivity contribution in [2.45, 2.75) is 13.8 Å². The monoisotopic (exact) mass is 302 g/mol. The Morgan fingerprint density at radius 1 is 1.42 bits per heavy atom. The number of hydrogen-bond donors (Lipinski definition) is 4. The number of amides is 1. The Kier molecular flexibility index (Phi) is 5.07. The molecule has 0 bridgehead atoms. The van der Waals surface area contributed by atoms with Crippen LogP contribution < -0.4 is 22.3 Å². The van der Waals surface area contributed by atoms with Crippen molar-refractivity contribution in [1.82, 2.24) is 10.9 Å². The molecule has 0 saturated carbocycles. The summed E-state index contributed by atoms with van der Waals surface area (Å²) in [4.78, 5) is 23.8. The van der Waals surface area contributed by atoms with Gasteiger partial charge in [0.2, 0.25) is 0 Å². The van der Waals surface area contributed by atoms with Crippen molar-refractivity contribution in [3.05, 3.63) is 16.0 Å². The summed E-state index contributed by atoms with van der Waals surface area (Å²) in [7, 11) is 0. The molecule has 9 heteroatoms. The van der Waals surface area contributed by atoms with Gasteiger partial charge in [-0.25, -0.2) is 4.79 Å². The molecule has 0 aliphatic rings. The molecule has 1 heterocycles. The Balaban J connectivity index is 2.99. The van der Waals surface area contributed by atoms with Crippen LogP contribution in [0.4, 0.5) is 5.00 Å². The quantitative estimate of drug-likeness (QED) is 0.360. The summed E-state index contributed by atoms with van der Waals surface area (Å²) in [5.41, 5.74) is 16.2. The third-order valence-electron chi connectivity index (χ3n) is 2.16. The highest BCUT2D eigenvalue weighted by atomic mass is 32.1. The molecule has 0 unspecified atom stereocenters. The second-order valence-corrected chi connectivity index (χ2v) is 4.95. The first kappa shape index (κ1) is 15.2. The van der Waals surface area contributed by atoms with Crippen LogP contribution in [0.3, 0.4) is 0 Å². The van der Waals surface area contributed by atoms with Crippen molar-refractivity contribution < 1.29 is 14.3 Å². The molecule has 1 aromatic rings. The summed E-state index contributed by atoms with van der Waals surface area (Å²) < 4.78 is 4.88. The van der Waals surface area contributed by atoms with E-state index in [-0.39, 0.29) is 22.3 Å². The Bertz CT molecular complexity index is 527. The largest absolute Gasteiger partial charge is 0.462 e. The third kappa shape index (κ3) is 3.55. The number of thiophene rings is 1. The number of hydrazine groups is 1. The van der Waals surface area contributed by atoms with Crippen LogP contribution in [0.15, 0.2) is 0 Å². The average Bonchev–Trinajstić information content (AvgIpc) is 2.62. The Labute approximate surface area is 119 Å². The van der Waals surface area contributed by atoms with Crippen molar-refractivity contribution >= 4 is 45.5 Å². The van der Waals surface area contributed by atoms with E-state index in [1.165, 1.54) is 0 Å². The van der Waals surface area contributed by atoms with E-state index < -0.39 is 11.9 Å². The van der Waals surface area contributed by atoms with Crippen molar-refractivity contribution in [1.29, 1.82) is 0 Å². The average molecular weight is 302 g/mol. The van der Waals surface area contributed by atoms with Gasteiger partial charge in [-0.15, -0.1) is 11.3 Å². The first-order valence-electron chi connectivity index (χ1n) is 5.30. The van der Waals surface area contributed by atoms with Gasteiger partial charge in [0, 0.05) is 0 Å². The molecule has 0 fully saturated rings. The summed E-state index contributed by atoms with van der Waals surface area (Å²) in [5, 5.41) is 0.146. The van der Waals surface area contributed by atoms with Crippen LogP contribution in [-0.4, -0.2) is 23.6 Å². The number of ether oxygens (including phenoxy) is 1. The lowest BCUT2D eigenvalue weighted by Crippen LogP contribution is -2.44. The SMILES string of the molecule is CCOC(=O)c1sc(N)c(C(=O)NNC(N)=S)c1C. The molecular weight excluding hydrogens is 288 g/mol. The lowest BCUT2D eigenvalue weighted by Gasteiger charge is -2.06. The van der Waals surface area contributed by atoms with E-state index in [0.29, 0.717) is 10.4 Å².